The van der Waals surface area contributed by atoms with Crippen LogP contribution in [0, 0.1) is 6.92 Å². The van der Waals surface area contributed by atoms with E-state index in [1.54, 1.807) is 0 Å². The van der Waals surface area contributed by atoms with Crippen LogP contribution in [0.5, 0.6) is 0 Å². The molecule has 0 bridgehead atoms. The fourth-order valence-corrected chi connectivity index (χ4v) is 6.57. The number of benzene rings is 3. The van der Waals surface area contributed by atoms with E-state index in [0.717, 1.165) is 33.8 Å². The number of aromatic nitrogens is 8. The van der Waals surface area contributed by atoms with Crippen molar-refractivity contribution in [1.29, 1.82) is 0 Å². The Labute approximate surface area is 348 Å². The Hall–Kier alpha value is -7.20. The first-order chi connectivity index (χ1) is 27.2. The molecule has 0 aliphatic rings. The minimum Gasteiger partial charge on any atom is -0.361 e. The third-order valence-electron chi connectivity index (χ3n) is 9.56. The van der Waals surface area contributed by atoms with E-state index in [-0.39, 0.29) is 22.3 Å². The standard InChI is InChI=1S/C16H14N2.C15H17N4.C15H15N4.3CH4/c1-18-10-8-13(9-11-18)6-7-14-12-17-16-5-3-2-4-15(14)16;1-17-10-12(13-6-4-5-7-14(13)17)8-9-15-18(2)11-16-19(15)3;1-11-15(13-7-3-4-8-14(13)16-11)18-17-12-6-5-9-19(2)10-12;;;/h2-12H,1H3;4-11H,1-3H3;3-10,16H,1-2H3;3*1H4/q;2*+1;;;/p+1. The van der Waals surface area contributed by atoms with Crippen molar-refractivity contribution in [2.24, 2.45) is 45.5 Å². The maximum absolute atomic E-state index is 4.39. The van der Waals surface area contributed by atoms with Crippen molar-refractivity contribution >= 4 is 68.4 Å². The molecule has 6 heterocycles. The number of pyridine rings is 2. The first kappa shape index (κ1) is 44.5. The Morgan fingerprint density at radius 1 is 0.644 bits per heavy atom. The van der Waals surface area contributed by atoms with Crippen molar-refractivity contribution < 1.29 is 13.7 Å². The topological polar surface area (TPSA) is 90.7 Å². The molecule has 6 aromatic heterocycles. The molecular weight excluding hydrogens is 729 g/mol. The molecule has 0 saturated carbocycles. The zero-order valence-corrected chi connectivity index (χ0v) is 32.7. The van der Waals surface area contributed by atoms with Gasteiger partial charge in [0, 0.05) is 92.8 Å². The van der Waals surface area contributed by atoms with Gasteiger partial charge in [0.1, 0.15) is 25.5 Å². The maximum atomic E-state index is 4.39. The van der Waals surface area contributed by atoms with E-state index in [4.69, 9.17) is 0 Å². The van der Waals surface area contributed by atoms with Crippen LogP contribution in [0.4, 0.5) is 11.4 Å². The van der Waals surface area contributed by atoms with Crippen molar-refractivity contribution in [3.63, 3.8) is 0 Å². The number of hydrogen-bond acceptors (Lipinski definition) is 3. The van der Waals surface area contributed by atoms with Crippen LogP contribution in [0.3, 0.4) is 0 Å². The van der Waals surface area contributed by atoms with Crippen LogP contribution in [0.1, 0.15) is 50.5 Å². The number of hydrogen-bond donors (Lipinski definition) is 2. The van der Waals surface area contributed by atoms with Crippen LogP contribution in [-0.4, -0.2) is 24.3 Å². The summed E-state index contributed by atoms with van der Waals surface area (Å²) in [5.41, 5.74) is 9.94. The normalized spacial score (nSPS) is 10.9. The third kappa shape index (κ3) is 10.6. The van der Waals surface area contributed by atoms with Gasteiger partial charge in [-0.05, 0) is 48.4 Å². The Morgan fingerprint density at radius 3 is 2.02 bits per heavy atom. The van der Waals surface area contributed by atoms with Crippen molar-refractivity contribution in [2.45, 2.75) is 29.2 Å². The predicted molar refractivity (Wildman–Crippen MR) is 246 cm³/mol. The van der Waals surface area contributed by atoms with Crippen LogP contribution in [0.2, 0.25) is 0 Å². The first-order valence-corrected chi connectivity index (χ1v) is 18.5. The van der Waals surface area contributed by atoms with E-state index in [9.17, 15) is 0 Å². The Morgan fingerprint density at radius 2 is 1.31 bits per heavy atom. The molecule has 0 saturated heterocycles. The van der Waals surface area contributed by atoms with Gasteiger partial charge in [-0.3, -0.25) is 0 Å². The number of fused-ring (bicyclic) bond motifs is 3. The van der Waals surface area contributed by atoms with Gasteiger partial charge in [-0.1, -0.05) is 89.0 Å². The van der Waals surface area contributed by atoms with E-state index in [1.165, 1.54) is 38.5 Å². The second kappa shape index (κ2) is 20.3. The molecular formula is C49H59N10+3. The molecule has 0 radical (unpaired) electrons. The SMILES string of the molecule is C.C.C.C[n+]1ccc(C=Cc2c[nH]c3ccccc23)cc1.Cc1[nH]c2ccccc2c1N=Nc1ccc[n+](C)c1.Cn1nc[n+](C)c1C=Cc1cn(C)c2ccccc12. The number of aryl methyl sites for hydroxylation is 6. The molecule has 0 unspecified atom stereocenters. The molecule has 0 amide bonds. The lowest BCUT2D eigenvalue weighted by Gasteiger charge is -1.93. The average molecular weight is 788 g/mol. The lowest BCUT2D eigenvalue weighted by atomic mass is 10.1. The minimum atomic E-state index is 0. The first-order valence-electron chi connectivity index (χ1n) is 18.5. The van der Waals surface area contributed by atoms with E-state index in [2.05, 4.69) is 140 Å². The molecule has 2 N–H and O–H groups in total. The summed E-state index contributed by atoms with van der Waals surface area (Å²) in [7, 11) is 10.0. The Kier molecular flexibility index (Phi) is 15.3. The maximum Gasteiger partial charge on any atom is 0.265 e. The number of aromatic amines is 2. The molecule has 0 fully saturated rings. The van der Waals surface area contributed by atoms with E-state index in [1.807, 2.05) is 115 Å². The van der Waals surface area contributed by atoms with Crippen molar-refractivity contribution in [3.8, 4) is 0 Å². The van der Waals surface area contributed by atoms with Crippen LogP contribution in [0.15, 0.2) is 151 Å². The fourth-order valence-electron chi connectivity index (χ4n) is 6.57. The highest BCUT2D eigenvalue weighted by atomic mass is 15.3. The molecule has 0 aliphatic carbocycles. The molecule has 0 aliphatic heterocycles. The van der Waals surface area contributed by atoms with Gasteiger partial charge in [0.05, 0.1) is 14.1 Å². The smallest absolute Gasteiger partial charge is 0.265 e. The molecule has 10 nitrogen and oxygen atoms in total. The van der Waals surface area contributed by atoms with Gasteiger partial charge in [-0.2, -0.15) is 0 Å². The zero-order valence-electron chi connectivity index (χ0n) is 32.7. The minimum absolute atomic E-state index is 0. The molecule has 10 heteroatoms. The van der Waals surface area contributed by atoms with Gasteiger partial charge in [-0.15, -0.1) is 14.9 Å². The average Bonchev–Trinajstić information content (AvgIpc) is 3.96. The van der Waals surface area contributed by atoms with E-state index >= 15 is 0 Å². The summed E-state index contributed by atoms with van der Waals surface area (Å²) in [6, 6.07) is 33.0. The number of H-pyrrole nitrogens is 2. The molecule has 59 heavy (non-hydrogen) atoms. The molecule has 9 aromatic rings. The largest absolute Gasteiger partial charge is 0.361 e. The van der Waals surface area contributed by atoms with Gasteiger partial charge >= 0.3 is 0 Å². The van der Waals surface area contributed by atoms with Gasteiger partial charge in [-0.25, -0.2) is 13.7 Å². The summed E-state index contributed by atoms with van der Waals surface area (Å²) in [6.45, 7) is 2.01. The number of nitrogens with one attached hydrogen (secondary N) is 2. The number of azo groups is 1. The molecule has 0 atom stereocenters. The second-order valence-corrected chi connectivity index (χ2v) is 13.8. The van der Waals surface area contributed by atoms with Gasteiger partial charge < -0.3 is 14.5 Å². The summed E-state index contributed by atoms with van der Waals surface area (Å²) in [5, 5.41) is 16.5. The highest BCUT2D eigenvalue weighted by Gasteiger charge is 2.10. The lowest BCUT2D eigenvalue weighted by molar-refractivity contribution is -0.674. The molecule has 0 spiro atoms. The summed E-state index contributed by atoms with van der Waals surface area (Å²) >= 11 is 0. The van der Waals surface area contributed by atoms with Crippen LogP contribution in [-0.2, 0) is 35.2 Å². The Bertz CT molecular complexity index is 2810. The molecule has 3 aromatic carbocycles. The highest BCUT2D eigenvalue weighted by molar-refractivity contribution is 5.93. The van der Waals surface area contributed by atoms with E-state index in [0.29, 0.717) is 0 Å². The predicted octanol–water partition coefficient (Wildman–Crippen LogP) is 10.7. The van der Waals surface area contributed by atoms with Gasteiger partial charge in [0.2, 0.25) is 0 Å². The fraction of sp³-hybridized carbons (Fsp3) is 0.184. The number of nitrogens with zero attached hydrogens (tertiary/aromatic N) is 8. The second-order valence-electron chi connectivity index (χ2n) is 13.8. The monoisotopic (exact) mass is 787 g/mol. The van der Waals surface area contributed by atoms with Gasteiger partial charge in [0.25, 0.3) is 12.2 Å². The van der Waals surface area contributed by atoms with Crippen molar-refractivity contribution in [1.82, 2.24) is 24.3 Å². The third-order valence-corrected chi connectivity index (χ3v) is 9.56. The highest BCUT2D eigenvalue weighted by Crippen LogP contribution is 2.31. The Balaban J connectivity index is 0.000000191. The van der Waals surface area contributed by atoms with Crippen LogP contribution in [0.25, 0.3) is 57.0 Å². The summed E-state index contributed by atoms with van der Waals surface area (Å²) in [6.07, 6.45) is 22.5. The molecule has 9 rings (SSSR count). The van der Waals surface area contributed by atoms with Crippen LogP contribution < -0.4 is 13.7 Å². The van der Waals surface area contributed by atoms with Crippen LogP contribution >= 0.6 is 0 Å². The van der Waals surface area contributed by atoms with Crippen molar-refractivity contribution in [2.75, 3.05) is 0 Å². The summed E-state index contributed by atoms with van der Waals surface area (Å²) in [4.78, 5) is 6.59. The molecule has 302 valence electrons. The van der Waals surface area contributed by atoms with E-state index < -0.39 is 0 Å². The van der Waals surface area contributed by atoms with Gasteiger partial charge in [0.15, 0.2) is 24.8 Å². The summed E-state index contributed by atoms with van der Waals surface area (Å²) in [5.74, 6) is 1.06. The van der Waals surface area contributed by atoms with Crippen molar-refractivity contribution in [3.05, 3.63) is 169 Å². The number of para-hydroxylation sites is 3. The number of rotatable bonds is 6. The zero-order chi connectivity index (χ0) is 39.0. The summed E-state index contributed by atoms with van der Waals surface area (Å²) < 4.78 is 10.0. The quantitative estimate of drug-likeness (QED) is 0.128. The lowest BCUT2D eigenvalue weighted by Crippen LogP contribution is -2.29.